The van der Waals surface area contributed by atoms with Crippen molar-refractivity contribution < 1.29 is 0 Å². The van der Waals surface area contributed by atoms with Crippen LogP contribution in [0.2, 0.25) is 0 Å². The summed E-state index contributed by atoms with van der Waals surface area (Å²) < 4.78 is 0. The van der Waals surface area contributed by atoms with Gasteiger partial charge in [-0.25, -0.2) is 0 Å². The molecule has 1 nitrogen and oxygen atoms in total. The molecular weight excluding hydrogens is 190 g/mol. The van der Waals surface area contributed by atoms with Gasteiger partial charge in [0.05, 0.1) is 0 Å². The molecule has 0 bridgehead atoms. The van der Waals surface area contributed by atoms with E-state index in [1.165, 1.54) is 4.90 Å². The minimum absolute atomic E-state index is 0.205. The first-order valence-electron chi connectivity index (χ1n) is 4.70. The summed E-state index contributed by atoms with van der Waals surface area (Å²) >= 11 is 1.79. The van der Waals surface area contributed by atoms with Crippen LogP contribution in [0.3, 0.4) is 0 Å². The zero-order chi connectivity index (χ0) is 10.2. The lowest BCUT2D eigenvalue weighted by Crippen LogP contribution is -2.22. The van der Waals surface area contributed by atoms with E-state index in [0.29, 0.717) is 0 Å². The van der Waals surface area contributed by atoms with Crippen LogP contribution < -0.4 is 5.73 Å². The largest absolute Gasteiger partial charge is 0.327 e. The second-order valence-electron chi connectivity index (χ2n) is 3.13. The van der Waals surface area contributed by atoms with E-state index in [2.05, 4.69) is 18.1 Å². The molecule has 1 atom stereocenters. The molecule has 0 aliphatic carbocycles. The molecule has 1 aromatic rings. The third kappa shape index (κ3) is 4.36. The molecule has 2 N–H and O–H groups in total. The zero-order valence-corrected chi connectivity index (χ0v) is 8.96. The highest BCUT2D eigenvalue weighted by Crippen LogP contribution is 2.18. The molecule has 0 spiro atoms. The maximum Gasteiger partial charge on any atom is 0.0143 e. The Hall–Kier alpha value is -0.910. The van der Waals surface area contributed by atoms with Gasteiger partial charge in [-0.15, -0.1) is 24.1 Å². The van der Waals surface area contributed by atoms with E-state index in [1.807, 2.05) is 18.2 Å². The van der Waals surface area contributed by atoms with Crippen LogP contribution in [0, 0.1) is 12.3 Å². The predicted octanol–water partition coefficient (Wildman–Crippen LogP) is 2.52. The van der Waals surface area contributed by atoms with E-state index in [9.17, 15) is 0 Å². The summed E-state index contributed by atoms with van der Waals surface area (Å²) in [6, 6.07) is 10.5. The molecule has 0 saturated heterocycles. The van der Waals surface area contributed by atoms with Crippen molar-refractivity contribution in [2.45, 2.75) is 23.8 Å². The van der Waals surface area contributed by atoms with E-state index in [-0.39, 0.29) is 6.04 Å². The van der Waals surface area contributed by atoms with Gasteiger partial charge in [-0.05, 0) is 18.6 Å². The summed E-state index contributed by atoms with van der Waals surface area (Å²) in [6.07, 6.45) is 6.86. The molecule has 0 amide bonds. The highest BCUT2D eigenvalue weighted by Gasteiger charge is 2.01. The molecule has 0 heterocycles. The smallest absolute Gasteiger partial charge is 0.0143 e. The molecule has 0 radical (unpaired) electrons. The number of rotatable bonds is 5. The third-order valence-corrected chi connectivity index (χ3v) is 3.07. The number of terminal acetylenes is 1. The third-order valence-electron chi connectivity index (χ3n) is 1.87. The van der Waals surface area contributed by atoms with Crippen LogP contribution in [0.5, 0.6) is 0 Å². The molecule has 0 aliphatic rings. The Kier molecular flexibility index (Phi) is 5.21. The molecule has 2 heteroatoms. The Morgan fingerprint density at radius 1 is 1.36 bits per heavy atom. The number of nitrogens with two attached hydrogens (primary N) is 1. The number of thioether (sulfide) groups is 1. The van der Waals surface area contributed by atoms with Gasteiger partial charge < -0.3 is 5.73 Å². The van der Waals surface area contributed by atoms with Crippen molar-refractivity contribution in [3.8, 4) is 12.3 Å². The van der Waals surface area contributed by atoms with Crippen LogP contribution in [-0.2, 0) is 0 Å². The summed E-state index contributed by atoms with van der Waals surface area (Å²) in [6.45, 7) is 0. The van der Waals surface area contributed by atoms with E-state index in [1.54, 1.807) is 11.8 Å². The predicted molar refractivity (Wildman–Crippen MR) is 63.2 cm³/mol. The molecule has 0 aromatic heterocycles. The second kappa shape index (κ2) is 6.53. The summed E-state index contributed by atoms with van der Waals surface area (Å²) in [7, 11) is 0. The lowest BCUT2D eigenvalue weighted by Gasteiger charge is -2.08. The van der Waals surface area contributed by atoms with Crippen molar-refractivity contribution in [1.29, 1.82) is 0 Å². The average Bonchev–Trinajstić information content (AvgIpc) is 2.25. The van der Waals surface area contributed by atoms with Crippen LogP contribution in [0.4, 0.5) is 0 Å². The zero-order valence-electron chi connectivity index (χ0n) is 8.15. The molecule has 1 unspecified atom stereocenters. The molecule has 14 heavy (non-hydrogen) atoms. The first kappa shape index (κ1) is 11.2. The van der Waals surface area contributed by atoms with Gasteiger partial charge in [0.2, 0.25) is 0 Å². The fourth-order valence-corrected chi connectivity index (χ4v) is 1.99. The first-order valence-corrected chi connectivity index (χ1v) is 5.68. The van der Waals surface area contributed by atoms with Gasteiger partial charge in [0.1, 0.15) is 0 Å². The van der Waals surface area contributed by atoms with Gasteiger partial charge in [-0.2, -0.15) is 0 Å². The maximum atomic E-state index is 5.89. The van der Waals surface area contributed by atoms with Gasteiger partial charge in [-0.3, -0.25) is 0 Å². The standard InChI is InChI=1S/C12H15NS/c1-2-3-7-11(13)10-14-12-8-5-4-6-9-12/h1,4-6,8-9,11H,3,7,10,13H2. The SMILES string of the molecule is C#CCCC(N)CSc1ccccc1. The minimum Gasteiger partial charge on any atom is -0.327 e. The summed E-state index contributed by atoms with van der Waals surface area (Å²) in [5, 5.41) is 0. The summed E-state index contributed by atoms with van der Waals surface area (Å²) in [4.78, 5) is 1.27. The lowest BCUT2D eigenvalue weighted by molar-refractivity contribution is 0.692. The van der Waals surface area contributed by atoms with Gasteiger partial charge >= 0.3 is 0 Å². The molecule has 74 valence electrons. The van der Waals surface area contributed by atoms with Crippen molar-refractivity contribution in [2.75, 3.05) is 5.75 Å². The fourth-order valence-electron chi connectivity index (χ4n) is 1.07. The summed E-state index contributed by atoms with van der Waals surface area (Å²) in [5.41, 5.74) is 5.89. The van der Waals surface area contributed by atoms with Crippen LogP contribution in [-0.4, -0.2) is 11.8 Å². The Bertz CT molecular complexity index is 289. The van der Waals surface area contributed by atoms with E-state index in [0.717, 1.165) is 18.6 Å². The van der Waals surface area contributed by atoms with Crippen molar-refractivity contribution in [1.82, 2.24) is 0 Å². The highest BCUT2D eigenvalue weighted by atomic mass is 32.2. The van der Waals surface area contributed by atoms with Gasteiger partial charge in [0.25, 0.3) is 0 Å². The van der Waals surface area contributed by atoms with Crippen LogP contribution in [0.15, 0.2) is 35.2 Å². The van der Waals surface area contributed by atoms with Gasteiger partial charge in [0, 0.05) is 23.1 Å². The van der Waals surface area contributed by atoms with E-state index in [4.69, 9.17) is 12.2 Å². The monoisotopic (exact) mass is 205 g/mol. The van der Waals surface area contributed by atoms with Crippen LogP contribution in [0.25, 0.3) is 0 Å². The van der Waals surface area contributed by atoms with Crippen molar-refractivity contribution in [3.05, 3.63) is 30.3 Å². The number of hydrogen-bond donors (Lipinski definition) is 1. The lowest BCUT2D eigenvalue weighted by atomic mass is 10.2. The normalized spacial score (nSPS) is 12.0. The van der Waals surface area contributed by atoms with Crippen LogP contribution in [0.1, 0.15) is 12.8 Å². The Morgan fingerprint density at radius 2 is 2.07 bits per heavy atom. The first-order chi connectivity index (χ1) is 6.83. The number of hydrogen-bond acceptors (Lipinski definition) is 2. The second-order valence-corrected chi connectivity index (χ2v) is 4.22. The van der Waals surface area contributed by atoms with E-state index >= 15 is 0 Å². The quantitative estimate of drug-likeness (QED) is 0.590. The molecule has 1 aromatic carbocycles. The fraction of sp³-hybridized carbons (Fsp3) is 0.333. The number of benzene rings is 1. The molecule has 1 rings (SSSR count). The molecule has 0 fully saturated rings. The van der Waals surface area contributed by atoms with E-state index < -0.39 is 0 Å². The Morgan fingerprint density at radius 3 is 2.71 bits per heavy atom. The average molecular weight is 205 g/mol. The van der Waals surface area contributed by atoms with Crippen molar-refractivity contribution >= 4 is 11.8 Å². The Balaban J connectivity index is 2.24. The van der Waals surface area contributed by atoms with Crippen molar-refractivity contribution in [3.63, 3.8) is 0 Å². The highest BCUT2D eigenvalue weighted by molar-refractivity contribution is 7.99. The van der Waals surface area contributed by atoms with Crippen molar-refractivity contribution in [2.24, 2.45) is 5.73 Å². The van der Waals surface area contributed by atoms with Gasteiger partial charge in [-0.1, -0.05) is 18.2 Å². The minimum atomic E-state index is 0.205. The maximum absolute atomic E-state index is 5.89. The molecule has 0 saturated carbocycles. The summed E-state index contributed by atoms with van der Waals surface area (Å²) in [5.74, 6) is 3.54. The topological polar surface area (TPSA) is 26.0 Å². The van der Waals surface area contributed by atoms with Gasteiger partial charge in [0.15, 0.2) is 0 Å². The Labute approximate surface area is 90.1 Å². The molecule has 0 aliphatic heterocycles. The molecular formula is C12H15NS. The van der Waals surface area contributed by atoms with Crippen LogP contribution >= 0.6 is 11.8 Å².